The molecule has 0 saturated carbocycles. The van der Waals surface area contributed by atoms with Crippen LogP contribution in [0.2, 0.25) is 5.02 Å². The largest absolute Gasteiger partial charge is 0.441 e. The van der Waals surface area contributed by atoms with E-state index in [0.717, 1.165) is 15.8 Å². The molecule has 0 bridgehead atoms. The number of anilines is 1. The number of halogens is 1. The molecule has 0 N–H and O–H groups in total. The van der Waals surface area contributed by atoms with Crippen molar-refractivity contribution in [2.75, 3.05) is 11.9 Å². The smallest absolute Gasteiger partial charge is 0.229 e. The fraction of sp³-hybridized carbons (Fsp3) is 0.150. The number of fused-ring (bicyclic) bond motifs is 1. The van der Waals surface area contributed by atoms with Gasteiger partial charge in [-0.3, -0.25) is 9.69 Å². The summed E-state index contributed by atoms with van der Waals surface area (Å²) < 4.78 is 6.81. The Balaban J connectivity index is 1.42. The zero-order chi connectivity index (χ0) is 18.8. The molecule has 0 radical (unpaired) electrons. The van der Waals surface area contributed by atoms with Crippen LogP contribution in [0.3, 0.4) is 0 Å². The van der Waals surface area contributed by atoms with Crippen molar-refractivity contribution in [2.24, 2.45) is 0 Å². The number of aryl methyl sites for hydroxylation is 1. The van der Waals surface area contributed by atoms with Crippen molar-refractivity contribution in [1.82, 2.24) is 9.97 Å². The first-order chi connectivity index (χ1) is 13.1. The second-order valence-electron chi connectivity index (χ2n) is 6.02. The number of hydrogen-bond donors (Lipinski definition) is 0. The third-order valence-corrected chi connectivity index (χ3v) is 5.63. The Hall–Kier alpha value is -2.70. The molecular formula is C20H16ClN3O2S. The molecule has 0 saturated heterocycles. The van der Waals surface area contributed by atoms with Crippen LogP contribution in [0.15, 0.2) is 59.1 Å². The summed E-state index contributed by atoms with van der Waals surface area (Å²) in [6.07, 6.45) is 2.34. The molecule has 4 aromatic rings. The number of hydrogen-bond acceptors (Lipinski definition) is 5. The Morgan fingerprint density at radius 3 is 2.78 bits per heavy atom. The molecule has 1 amide bonds. The monoisotopic (exact) mass is 397 g/mol. The minimum Gasteiger partial charge on any atom is -0.441 e. The van der Waals surface area contributed by atoms with Crippen LogP contribution in [0.1, 0.15) is 12.3 Å². The summed E-state index contributed by atoms with van der Waals surface area (Å²) >= 11 is 7.68. The Bertz CT molecular complexity index is 1070. The lowest BCUT2D eigenvalue weighted by molar-refractivity contribution is -0.118. The van der Waals surface area contributed by atoms with Crippen LogP contribution in [0.25, 0.3) is 21.5 Å². The number of benzene rings is 2. The highest BCUT2D eigenvalue weighted by Crippen LogP contribution is 2.29. The van der Waals surface area contributed by atoms with Crippen molar-refractivity contribution < 1.29 is 9.21 Å². The van der Waals surface area contributed by atoms with Gasteiger partial charge in [0.1, 0.15) is 0 Å². The van der Waals surface area contributed by atoms with Gasteiger partial charge in [0.25, 0.3) is 0 Å². The highest BCUT2D eigenvalue weighted by Gasteiger charge is 2.17. The quantitative estimate of drug-likeness (QED) is 0.464. The van der Waals surface area contributed by atoms with Gasteiger partial charge in [-0.2, -0.15) is 0 Å². The molecule has 136 valence electrons. The molecule has 7 heteroatoms. The molecule has 2 heterocycles. The Morgan fingerprint density at radius 2 is 1.96 bits per heavy atom. The van der Waals surface area contributed by atoms with E-state index < -0.39 is 0 Å². The summed E-state index contributed by atoms with van der Waals surface area (Å²) in [6, 6.07) is 15.3. The first kappa shape index (κ1) is 17.7. The fourth-order valence-electron chi connectivity index (χ4n) is 2.70. The summed E-state index contributed by atoms with van der Waals surface area (Å²) in [6.45, 7) is 0. The van der Waals surface area contributed by atoms with E-state index in [-0.39, 0.29) is 12.3 Å². The highest BCUT2D eigenvalue weighted by molar-refractivity contribution is 7.22. The summed E-state index contributed by atoms with van der Waals surface area (Å²) in [5.74, 6) is 1.07. The third-order valence-electron chi connectivity index (χ3n) is 4.19. The van der Waals surface area contributed by atoms with Gasteiger partial charge in [0.05, 0.1) is 21.4 Å². The molecule has 0 atom stereocenters. The van der Waals surface area contributed by atoms with Crippen molar-refractivity contribution in [3.63, 3.8) is 0 Å². The number of amides is 1. The Labute approximate surface area is 165 Å². The maximum Gasteiger partial charge on any atom is 0.229 e. The van der Waals surface area contributed by atoms with Crippen LogP contribution in [-0.4, -0.2) is 22.9 Å². The normalized spacial score (nSPS) is 11.0. The van der Waals surface area contributed by atoms with Crippen LogP contribution in [-0.2, 0) is 11.2 Å². The summed E-state index contributed by atoms with van der Waals surface area (Å²) in [5.41, 5.74) is 1.69. The Morgan fingerprint density at radius 1 is 1.19 bits per heavy atom. The lowest BCUT2D eigenvalue weighted by Gasteiger charge is -2.12. The molecule has 2 aromatic carbocycles. The molecule has 0 aliphatic carbocycles. The molecular weight excluding hydrogens is 382 g/mol. The standard InChI is InChI=1S/C20H16ClN3O2S/c1-24(20-23-15-8-4-5-9-17(15)27-20)19(25)11-10-18-22-12-16(26-18)13-6-2-3-7-14(13)21/h2-9,12H,10-11H2,1H3. The van der Waals surface area contributed by atoms with Gasteiger partial charge in [0.15, 0.2) is 16.8 Å². The highest BCUT2D eigenvalue weighted by atomic mass is 35.5. The molecule has 0 fully saturated rings. The molecule has 27 heavy (non-hydrogen) atoms. The summed E-state index contributed by atoms with van der Waals surface area (Å²) in [5, 5.41) is 1.29. The lowest BCUT2D eigenvalue weighted by atomic mass is 10.2. The zero-order valence-corrected chi connectivity index (χ0v) is 16.1. The number of carbonyl (C=O) groups is 1. The second kappa shape index (κ2) is 7.50. The van der Waals surface area contributed by atoms with Gasteiger partial charge in [-0.15, -0.1) is 0 Å². The second-order valence-corrected chi connectivity index (χ2v) is 7.43. The first-order valence-electron chi connectivity index (χ1n) is 8.43. The van der Waals surface area contributed by atoms with Crippen LogP contribution in [0.5, 0.6) is 0 Å². The van der Waals surface area contributed by atoms with Crippen molar-refractivity contribution in [3.8, 4) is 11.3 Å². The molecule has 2 aromatic heterocycles. The predicted octanol–water partition coefficient (Wildman–Crippen LogP) is 5.20. The van der Waals surface area contributed by atoms with E-state index in [1.165, 1.54) is 11.3 Å². The van der Waals surface area contributed by atoms with E-state index in [0.29, 0.717) is 28.2 Å². The van der Waals surface area contributed by atoms with Gasteiger partial charge in [0.2, 0.25) is 5.91 Å². The van der Waals surface area contributed by atoms with E-state index in [4.69, 9.17) is 16.0 Å². The minimum absolute atomic E-state index is 0.0356. The van der Waals surface area contributed by atoms with E-state index >= 15 is 0 Å². The van der Waals surface area contributed by atoms with Crippen molar-refractivity contribution >= 4 is 44.2 Å². The van der Waals surface area contributed by atoms with E-state index in [1.807, 2.05) is 42.5 Å². The number of nitrogens with zero attached hydrogens (tertiary/aromatic N) is 3. The number of thiazole rings is 1. The average Bonchev–Trinajstić information content (AvgIpc) is 3.32. The van der Waals surface area contributed by atoms with Crippen molar-refractivity contribution in [2.45, 2.75) is 12.8 Å². The van der Waals surface area contributed by atoms with Crippen LogP contribution in [0.4, 0.5) is 5.13 Å². The van der Waals surface area contributed by atoms with Gasteiger partial charge in [-0.1, -0.05) is 47.2 Å². The molecule has 0 unspecified atom stereocenters. The number of carbonyl (C=O) groups excluding carboxylic acids is 1. The van der Waals surface area contributed by atoms with Gasteiger partial charge < -0.3 is 4.42 Å². The average molecular weight is 398 g/mol. The lowest BCUT2D eigenvalue weighted by Crippen LogP contribution is -2.26. The number of aromatic nitrogens is 2. The summed E-state index contributed by atoms with van der Waals surface area (Å²) in [4.78, 5) is 22.9. The topological polar surface area (TPSA) is 59.2 Å². The maximum atomic E-state index is 12.5. The number of rotatable bonds is 5. The SMILES string of the molecule is CN(C(=O)CCc1ncc(-c2ccccc2Cl)o1)c1nc2ccccc2s1. The zero-order valence-electron chi connectivity index (χ0n) is 14.6. The number of oxazole rings is 1. The summed E-state index contributed by atoms with van der Waals surface area (Å²) in [7, 11) is 1.74. The molecule has 0 spiro atoms. The maximum absolute atomic E-state index is 12.5. The van der Waals surface area contributed by atoms with Gasteiger partial charge in [-0.05, 0) is 24.3 Å². The fourth-order valence-corrected chi connectivity index (χ4v) is 3.88. The third kappa shape index (κ3) is 3.72. The van der Waals surface area contributed by atoms with E-state index in [9.17, 15) is 4.79 Å². The minimum atomic E-state index is -0.0356. The molecule has 0 aliphatic rings. The van der Waals surface area contributed by atoms with Crippen molar-refractivity contribution in [3.05, 3.63) is 65.6 Å². The first-order valence-corrected chi connectivity index (χ1v) is 9.63. The molecule has 5 nitrogen and oxygen atoms in total. The van der Waals surface area contributed by atoms with Gasteiger partial charge in [0, 0.05) is 25.5 Å². The van der Waals surface area contributed by atoms with Crippen LogP contribution >= 0.6 is 22.9 Å². The predicted molar refractivity (Wildman–Crippen MR) is 108 cm³/mol. The van der Waals surface area contributed by atoms with E-state index in [1.54, 1.807) is 24.2 Å². The Kier molecular flexibility index (Phi) is 4.92. The van der Waals surface area contributed by atoms with Gasteiger partial charge >= 0.3 is 0 Å². The molecule has 0 aliphatic heterocycles. The van der Waals surface area contributed by atoms with Crippen molar-refractivity contribution in [1.29, 1.82) is 0 Å². The van der Waals surface area contributed by atoms with Crippen LogP contribution < -0.4 is 4.90 Å². The van der Waals surface area contributed by atoms with Crippen LogP contribution in [0, 0.1) is 0 Å². The van der Waals surface area contributed by atoms with E-state index in [2.05, 4.69) is 9.97 Å². The van der Waals surface area contributed by atoms with Gasteiger partial charge in [-0.25, -0.2) is 9.97 Å². The molecule has 4 rings (SSSR count). The number of para-hydroxylation sites is 1.